The van der Waals surface area contributed by atoms with Crippen LogP contribution in [0.4, 0.5) is 0 Å². The fraction of sp³-hybridized carbons (Fsp3) is 1.00. The van der Waals surface area contributed by atoms with Crippen LogP contribution >= 0.6 is 0 Å². The number of nitrogens with two attached hydrogens (primary N) is 1. The minimum atomic E-state index is 0.399. The first-order valence-electron chi connectivity index (χ1n) is 5.03. The van der Waals surface area contributed by atoms with Gasteiger partial charge in [-0.3, -0.25) is 0 Å². The molecule has 0 aliphatic heterocycles. The second-order valence-electron chi connectivity index (χ2n) is 3.91. The van der Waals surface area contributed by atoms with Gasteiger partial charge in [0.15, 0.2) is 0 Å². The third kappa shape index (κ3) is 5.56. The second kappa shape index (κ2) is 6.44. The van der Waals surface area contributed by atoms with Crippen molar-refractivity contribution < 1.29 is 0 Å². The van der Waals surface area contributed by atoms with E-state index in [-0.39, 0.29) is 0 Å². The van der Waals surface area contributed by atoms with Crippen LogP contribution in [0.3, 0.4) is 0 Å². The van der Waals surface area contributed by atoms with Crippen LogP contribution in [-0.4, -0.2) is 30.6 Å². The lowest BCUT2D eigenvalue weighted by Gasteiger charge is -2.22. The largest absolute Gasteiger partial charge is 0.328 e. The van der Waals surface area contributed by atoms with E-state index in [1.807, 2.05) is 0 Å². The molecule has 0 saturated heterocycles. The van der Waals surface area contributed by atoms with Gasteiger partial charge in [0.05, 0.1) is 0 Å². The van der Waals surface area contributed by atoms with Gasteiger partial charge in [-0.2, -0.15) is 0 Å². The van der Waals surface area contributed by atoms with E-state index in [2.05, 4.69) is 32.7 Å². The van der Waals surface area contributed by atoms with Gasteiger partial charge in [-0.05, 0) is 40.3 Å². The van der Waals surface area contributed by atoms with Gasteiger partial charge in [-0.1, -0.05) is 13.3 Å². The molecule has 74 valence electrons. The van der Waals surface area contributed by atoms with Crippen molar-refractivity contribution in [2.75, 3.05) is 13.6 Å². The van der Waals surface area contributed by atoms with Gasteiger partial charge in [0, 0.05) is 12.1 Å². The number of hydrogen-bond acceptors (Lipinski definition) is 2. The quantitative estimate of drug-likeness (QED) is 0.662. The average Bonchev–Trinajstić information content (AvgIpc) is 2.00. The van der Waals surface area contributed by atoms with Crippen molar-refractivity contribution in [1.82, 2.24) is 4.90 Å². The Bertz CT molecular complexity index is 102. The maximum Gasteiger partial charge on any atom is 0.00509 e. The lowest BCUT2D eigenvalue weighted by molar-refractivity contribution is 0.261. The second-order valence-corrected chi connectivity index (χ2v) is 3.91. The molecule has 2 N–H and O–H groups in total. The van der Waals surface area contributed by atoms with Crippen LogP contribution in [0.1, 0.15) is 40.0 Å². The molecule has 0 amide bonds. The molecule has 0 aromatic rings. The fourth-order valence-corrected chi connectivity index (χ4v) is 1.14. The van der Waals surface area contributed by atoms with Crippen molar-refractivity contribution in [1.29, 1.82) is 0 Å². The van der Waals surface area contributed by atoms with Crippen LogP contribution < -0.4 is 5.73 Å². The van der Waals surface area contributed by atoms with Gasteiger partial charge in [-0.15, -0.1) is 0 Å². The van der Waals surface area contributed by atoms with Gasteiger partial charge >= 0.3 is 0 Å². The third-order valence-corrected chi connectivity index (χ3v) is 2.39. The van der Waals surface area contributed by atoms with E-state index in [1.165, 1.54) is 6.42 Å². The molecular formula is C10H24N2. The third-order valence-electron chi connectivity index (χ3n) is 2.39. The van der Waals surface area contributed by atoms with Crippen molar-refractivity contribution in [3.63, 3.8) is 0 Å². The molecule has 0 bridgehead atoms. The highest BCUT2D eigenvalue weighted by molar-refractivity contribution is 4.64. The Hall–Kier alpha value is -0.0800. The Labute approximate surface area is 77.1 Å². The van der Waals surface area contributed by atoms with E-state index < -0.39 is 0 Å². The lowest BCUT2D eigenvalue weighted by atomic mass is 10.1. The number of nitrogens with zero attached hydrogens (tertiary/aromatic N) is 1. The molecule has 0 rings (SSSR count). The van der Waals surface area contributed by atoms with Crippen molar-refractivity contribution in [2.45, 2.75) is 52.1 Å². The van der Waals surface area contributed by atoms with Gasteiger partial charge in [0.25, 0.3) is 0 Å². The maximum absolute atomic E-state index is 5.91. The van der Waals surface area contributed by atoms with E-state index in [0.29, 0.717) is 12.1 Å². The minimum Gasteiger partial charge on any atom is -0.328 e. The summed E-state index contributed by atoms with van der Waals surface area (Å²) < 4.78 is 0. The molecule has 0 aromatic heterocycles. The summed E-state index contributed by atoms with van der Waals surface area (Å²) in [6, 6.07) is 1.04. The molecule has 0 heterocycles. The zero-order chi connectivity index (χ0) is 9.56. The monoisotopic (exact) mass is 172 g/mol. The highest BCUT2D eigenvalue weighted by atomic mass is 15.1. The van der Waals surface area contributed by atoms with E-state index >= 15 is 0 Å². The summed E-state index contributed by atoms with van der Waals surface area (Å²) in [5, 5.41) is 0. The number of rotatable bonds is 6. The fourth-order valence-electron chi connectivity index (χ4n) is 1.14. The van der Waals surface area contributed by atoms with Crippen LogP contribution in [0.5, 0.6) is 0 Å². The van der Waals surface area contributed by atoms with E-state index in [1.54, 1.807) is 0 Å². The Kier molecular flexibility index (Phi) is 6.39. The number of hydrogen-bond donors (Lipinski definition) is 1. The summed E-state index contributed by atoms with van der Waals surface area (Å²) in [6.07, 6.45) is 3.49. The molecule has 0 radical (unpaired) electrons. The highest BCUT2D eigenvalue weighted by Crippen LogP contribution is 2.01. The molecule has 0 spiro atoms. The first kappa shape index (κ1) is 11.9. The first-order valence-corrected chi connectivity index (χ1v) is 5.03. The van der Waals surface area contributed by atoms with Gasteiger partial charge in [-0.25, -0.2) is 0 Å². The molecule has 0 aliphatic rings. The molecule has 0 fully saturated rings. The topological polar surface area (TPSA) is 29.3 Å². The zero-order valence-electron chi connectivity index (χ0n) is 9.01. The zero-order valence-corrected chi connectivity index (χ0v) is 9.01. The average molecular weight is 172 g/mol. The van der Waals surface area contributed by atoms with Crippen molar-refractivity contribution in [3.05, 3.63) is 0 Å². The van der Waals surface area contributed by atoms with Gasteiger partial charge in [0.1, 0.15) is 0 Å². The van der Waals surface area contributed by atoms with Crippen molar-refractivity contribution >= 4 is 0 Å². The standard InChI is InChI=1S/C10H24N2/c1-5-6-10(11)7-8-12(4)9(2)3/h9-10H,5-8,11H2,1-4H3. The van der Waals surface area contributed by atoms with Crippen molar-refractivity contribution in [3.8, 4) is 0 Å². The molecule has 0 saturated carbocycles. The van der Waals surface area contributed by atoms with Crippen LogP contribution in [0, 0.1) is 0 Å². The summed E-state index contributed by atoms with van der Waals surface area (Å²) in [4.78, 5) is 2.34. The Morgan fingerprint density at radius 3 is 2.25 bits per heavy atom. The van der Waals surface area contributed by atoms with Crippen LogP contribution in [0.15, 0.2) is 0 Å². The Balaban J connectivity index is 3.40. The normalized spacial score (nSPS) is 14.2. The maximum atomic E-state index is 5.91. The Morgan fingerprint density at radius 2 is 1.83 bits per heavy atom. The van der Waals surface area contributed by atoms with Crippen LogP contribution in [0.2, 0.25) is 0 Å². The molecule has 2 heteroatoms. The highest BCUT2D eigenvalue weighted by Gasteiger charge is 2.05. The Morgan fingerprint density at radius 1 is 1.25 bits per heavy atom. The van der Waals surface area contributed by atoms with E-state index in [0.717, 1.165) is 19.4 Å². The molecule has 0 aromatic carbocycles. The predicted molar refractivity (Wildman–Crippen MR) is 55.3 cm³/mol. The van der Waals surface area contributed by atoms with Gasteiger partial charge < -0.3 is 10.6 Å². The molecule has 1 atom stereocenters. The predicted octanol–water partition coefficient (Wildman–Crippen LogP) is 1.84. The molecule has 0 aliphatic carbocycles. The van der Waals surface area contributed by atoms with Crippen molar-refractivity contribution in [2.24, 2.45) is 5.73 Å². The van der Waals surface area contributed by atoms with E-state index in [4.69, 9.17) is 5.73 Å². The molecular weight excluding hydrogens is 148 g/mol. The van der Waals surface area contributed by atoms with E-state index in [9.17, 15) is 0 Å². The van der Waals surface area contributed by atoms with Crippen LogP contribution in [-0.2, 0) is 0 Å². The molecule has 12 heavy (non-hydrogen) atoms. The SMILES string of the molecule is CCCC(N)CCN(C)C(C)C. The minimum absolute atomic E-state index is 0.399. The molecule has 2 nitrogen and oxygen atoms in total. The van der Waals surface area contributed by atoms with Gasteiger partial charge in [0.2, 0.25) is 0 Å². The molecule has 1 unspecified atom stereocenters. The lowest BCUT2D eigenvalue weighted by Crippen LogP contribution is -2.32. The van der Waals surface area contributed by atoms with Crippen LogP contribution in [0.25, 0.3) is 0 Å². The smallest absolute Gasteiger partial charge is 0.00509 e. The summed E-state index contributed by atoms with van der Waals surface area (Å²) in [6.45, 7) is 7.74. The summed E-state index contributed by atoms with van der Waals surface area (Å²) >= 11 is 0. The summed E-state index contributed by atoms with van der Waals surface area (Å²) in [5.41, 5.74) is 5.91. The summed E-state index contributed by atoms with van der Waals surface area (Å²) in [5.74, 6) is 0. The first-order chi connectivity index (χ1) is 5.57. The summed E-state index contributed by atoms with van der Waals surface area (Å²) in [7, 11) is 2.16.